The Labute approximate surface area is 137 Å². The van der Waals surface area contributed by atoms with Gasteiger partial charge in [-0.25, -0.2) is 0 Å². The van der Waals surface area contributed by atoms with Gasteiger partial charge in [0.05, 0.1) is 0 Å². The third kappa shape index (κ3) is 1.54. The number of hydrogen-bond donors (Lipinski definition) is 0. The van der Waals surface area contributed by atoms with Crippen LogP contribution < -0.4 is 26.2 Å². The highest BCUT2D eigenvalue weighted by Gasteiger charge is 2.40. The number of fused-ring (bicyclic) bond motifs is 4. The van der Waals surface area contributed by atoms with E-state index in [4.69, 9.17) is 0 Å². The molecule has 23 heavy (non-hydrogen) atoms. The van der Waals surface area contributed by atoms with Crippen molar-refractivity contribution in [3.8, 4) is 0 Å². The molecule has 0 spiro atoms. The molecule has 0 saturated carbocycles. The number of benzene rings is 3. The first-order valence-corrected chi connectivity index (χ1v) is 8.05. The molecule has 5 rings (SSSR count). The first kappa shape index (κ1) is 12.8. The Morgan fingerprint density at radius 2 is 1.00 bits per heavy atom. The van der Waals surface area contributed by atoms with E-state index in [0.29, 0.717) is 6.71 Å². The van der Waals surface area contributed by atoms with E-state index in [9.17, 15) is 0 Å². The van der Waals surface area contributed by atoms with Crippen molar-refractivity contribution < 1.29 is 0 Å². The summed E-state index contributed by atoms with van der Waals surface area (Å²) in [6.07, 6.45) is 0. The molecule has 0 radical (unpaired) electrons. The second-order valence-corrected chi connectivity index (χ2v) is 6.38. The Bertz CT molecular complexity index is 863. The summed E-state index contributed by atoms with van der Waals surface area (Å²) in [6.45, 7) is 0.320. The van der Waals surface area contributed by atoms with Gasteiger partial charge in [-0.1, -0.05) is 42.5 Å². The second kappa shape index (κ2) is 4.42. The lowest BCUT2D eigenvalue weighted by atomic mass is 9.33. The molecule has 110 valence electrons. The van der Waals surface area contributed by atoms with Gasteiger partial charge in [-0.15, -0.1) is 0 Å². The van der Waals surface area contributed by atoms with Gasteiger partial charge in [-0.2, -0.15) is 0 Å². The van der Waals surface area contributed by atoms with Crippen LogP contribution in [0.1, 0.15) is 0 Å². The summed E-state index contributed by atoms with van der Waals surface area (Å²) in [5, 5.41) is 0. The average Bonchev–Trinajstić information content (AvgIpc) is 2.61. The van der Waals surface area contributed by atoms with Crippen molar-refractivity contribution in [1.29, 1.82) is 0 Å². The van der Waals surface area contributed by atoms with Gasteiger partial charge in [0.15, 0.2) is 0 Å². The molecule has 2 nitrogen and oxygen atoms in total. The smallest absolute Gasteiger partial charge is 0.252 e. The van der Waals surface area contributed by atoms with Crippen LogP contribution in [0.5, 0.6) is 0 Å². The third-order valence-corrected chi connectivity index (χ3v) is 5.29. The minimum Gasteiger partial charge on any atom is -0.345 e. The van der Waals surface area contributed by atoms with Crippen LogP contribution in [0.4, 0.5) is 22.7 Å². The topological polar surface area (TPSA) is 6.48 Å². The van der Waals surface area contributed by atoms with E-state index in [1.807, 2.05) is 0 Å². The zero-order valence-electron chi connectivity index (χ0n) is 13.3. The minimum absolute atomic E-state index is 0.320. The molecule has 2 aliphatic rings. The quantitative estimate of drug-likeness (QED) is 0.588. The highest BCUT2D eigenvalue weighted by molar-refractivity contribution is 7.00. The van der Waals surface area contributed by atoms with E-state index in [-0.39, 0.29) is 0 Å². The van der Waals surface area contributed by atoms with Crippen molar-refractivity contribution in [2.75, 3.05) is 23.9 Å². The molecule has 0 aromatic heterocycles. The first-order chi connectivity index (χ1) is 11.3. The van der Waals surface area contributed by atoms with Gasteiger partial charge >= 0.3 is 0 Å². The van der Waals surface area contributed by atoms with Gasteiger partial charge in [-0.05, 0) is 40.7 Å². The van der Waals surface area contributed by atoms with Gasteiger partial charge in [-0.3, -0.25) is 0 Å². The van der Waals surface area contributed by atoms with Crippen molar-refractivity contribution in [3.05, 3.63) is 66.7 Å². The number of nitrogens with zero attached hydrogens (tertiary/aromatic N) is 2. The SMILES string of the molecule is CN1c2ccccc2B2c3ccccc3N(C)c3cccc1c32. The largest absolute Gasteiger partial charge is 0.345 e. The van der Waals surface area contributed by atoms with Gasteiger partial charge in [0, 0.05) is 36.8 Å². The van der Waals surface area contributed by atoms with Gasteiger partial charge in [0.25, 0.3) is 6.71 Å². The Kier molecular flexibility index (Phi) is 2.46. The van der Waals surface area contributed by atoms with E-state index in [1.54, 1.807) is 0 Å². The van der Waals surface area contributed by atoms with Gasteiger partial charge < -0.3 is 9.80 Å². The second-order valence-electron chi connectivity index (χ2n) is 6.38. The van der Waals surface area contributed by atoms with Crippen molar-refractivity contribution in [3.63, 3.8) is 0 Å². The molecule has 3 heteroatoms. The summed E-state index contributed by atoms with van der Waals surface area (Å²) < 4.78 is 0. The molecular formula is C20H17BN2. The lowest BCUT2D eigenvalue weighted by molar-refractivity contribution is 1.18. The van der Waals surface area contributed by atoms with E-state index in [0.717, 1.165) is 0 Å². The summed E-state index contributed by atoms with van der Waals surface area (Å²) in [6, 6.07) is 24.2. The summed E-state index contributed by atoms with van der Waals surface area (Å²) in [5.41, 5.74) is 9.46. The number of hydrogen-bond acceptors (Lipinski definition) is 2. The molecule has 0 saturated heterocycles. The molecule has 0 unspecified atom stereocenters. The van der Waals surface area contributed by atoms with Crippen molar-refractivity contribution >= 4 is 45.9 Å². The fourth-order valence-electron chi connectivity index (χ4n) is 4.23. The monoisotopic (exact) mass is 296 g/mol. The summed E-state index contributed by atoms with van der Waals surface area (Å²) in [5.74, 6) is 0. The van der Waals surface area contributed by atoms with Crippen LogP contribution in [0.15, 0.2) is 66.7 Å². The third-order valence-electron chi connectivity index (χ3n) is 5.29. The Morgan fingerprint density at radius 1 is 0.565 bits per heavy atom. The summed E-state index contributed by atoms with van der Waals surface area (Å²) in [4.78, 5) is 4.65. The normalized spacial score (nSPS) is 14.3. The fraction of sp³-hybridized carbons (Fsp3) is 0.100. The molecule has 0 fully saturated rings. The van der Waals surface area contributed by atoms with Crippen molar-refractivity contribution in [2.45, 2.75) is 0 Å². The predicted octanol–water partition coefficient (Wildman–Crippen LogP) is 2.37. The van der Waals surface area contributed by atoms with Crippen LogP contribution in [-0.2, 0) is 0 Å². The highest BCUT2D eigenvalue weighted by atomic mass is 15.1. The molecule has 3 aromatic carbocycles. The van der Waals surface area contributed by atoms with Crippen LogP contribution in [0, 0.1) is 0 Å². The van der Waals surface area contributed by atoms with E-state index in [2.05, 4.69) is 90.6 Å². The van der Waals surface area contributed by atoms with Crippen LogP contribution in [0.2, 0.25) is 0 Å². The highest BCUT2D eigenvalue weighted by Crippen LogP contribution is 2.34. The minimum atomic E-state index is 0.320. The lowest BCUT2D eigenvalue weighted by Crippen LogP contribution is -2.61. The molecule has 2 heterocycles. The number of anilines is 4. The molecule has 0 bridgehead atoms. The molecule has 2 aliphatic heterocycles. The van der Waals surface area contributed by atoms with Crippen LogP contribution in [0.25, 0.3) is 0 Å². The molecule has 3 aromatic rings. The van der Waals surface area contributed by atoms with Crippen molar-refractivity contribution in [2.24, 2.45) is 0 Å². The molecule has 0 N–H and O–H groups in total. The van der Waals surface area contributed by atoms with E-state index >= 15 is 0 Å². The van der Waals surface area contributed by atoms with Crippen LogP contribution in [-0.4, -0.2) is 20.8 Å². The molecular weight excluding hydrogens is 279 g/mol. The van der Waals surface area contributed by atoms with Crippen LogP contribution >= 0.6 is 0 Å². The Morgan fingerprint density at radius 3 is 1.52 bits per heavy atom. The van der Waals surface area contributed by atoms with E-state index in [1.165, 1.54) is 39.1 Å². The maximum absolute atomic E-state index is 2.33. The standard InChI is InChI=1S/C20H17BN2/c1-22-16-10-5-3-8-14(16)21-15-9-4-6-11-17(15)23(2)19-13-7-12-18(22)20(19)21/h3-13H,1-2H3. The summed E-state index contributed by atoms with van der Waals surface area (Å²) in [7, 11) is 4.34. The molecule has 0 amide bonds. The zero-order valence-corrected chi connectivity index (χ0v) is 13.3. The van der Waals surface area contributed by atoms with Gasteiger partial charge in [0.2, 0.25) is 0 Å². The molecule has 0 atom stereocenters. The number of rotatable bonds is 0. The number of para-hydroxylation sites is 2. The Balaban J connectivity index is 1.92. The average molecular weight is 296 g/mol. The maximum atomic E-state index is 2.33. The maximum Gasteiger partial charge on any atom is 0.252 e. The predicted molar refractivity (Wildman–Crippen MR) is 100 cm³/mol. The zero-order chi connectivity index (χ0) is 15.6. The lowest BCUT2D eigenvalue weighted by Gasteiger charge is -2.41. The first-order valence-electron chi connectivity index (χ1n) is 8.05. The Hall–Kier alpha value is -2.68. The molecule has 0 aliphatic carbocycles. The van der Waals surface area contributed by atoms with Crippen molar-refractivity contribution in [1.82, 2.24) is 0 Å². The van der Waals surface area contributed by atoms with Gasteiger partial charge in [0.1, 0.15) is 0 Å². The fourth-order valence-corrected chi connectivity index (χ4v) is 4.23. The summed E-state index contributed by atoms with van der Waals surface area (Å²) >= 11 is 0. The van der Waals surface area contributed by atoms with Crippen LogP contribution in [0.3, 0.4) is 0 Å². The van der Waals surface area contributed by atoms with E-state index < -0.39 is 0 Å².